The van der Waals surface area contributed by atoms with Crippen molar-refractivity contribution >= 4 is 11.6 Å². The highest BCUT2D eigenvalue weighted by Crippen LogP contribution is 2.35. The Bertz CT molecular complexity index is 610. The third-order valence-corrected chi connectivity index (χ3v) is 2.70. The number of nitrogens with zero attached hydrogens (tertiary/aromatic N) is 1. The molecule has 2 rings (SSSR count). The van der Waals surface area contributed by atoms with Crippen LogP contribution in [0.25, 0.3) is 0 Å². The molecule has 4 nitrogen and oxygen atoms in total. The zero-order valence-corrected chi connectivity index (χ0v) is 11.2. The van der Waals surface area contributed by atoms with Crippen molar-refractivity contribution in [2.75, 3.05) is 6.79 Å². The van der Waals surface area contributed by atoms with Crippen molar-refractivity contribution in [1.82, 2.24) is 4.98 Å². The van der Waals surface area contributed by atoms with Crippen LogP contribution in [0.2, 0.25) is 5.02 Å². The van der Waals surface area contributed by atoms with E-state index in [1.807, 2.05) is 0 Å². The van der Waals surface area contributed by atoms with Crippen LogP contribution in [0, 0.1) is 12.7 Å². The van der Waals surface area contributed by atoms with Crippen molar-refractivity contribution < 1.29 is 23.3 Å². The lowest BCUT2D eigenvalue weighted by atomic mass is 10.2. The normalized spacial score (nSPS) is 10.4. The molecule has 0 saturated heterocycles. The van der Waals surface area contributed by atoms with Crippen LogP contribution in [-0.2, 0) is 4.94 Å². The summed E-state index contributed by atoms with van der Waals surface area (Å²) in [5, 5.41) is 0.102. The molecule has 0 radical (unpaired) electrons. The molecule has 1 aromatic heterocycles. The molecule has 0 amide bonds. The SMILES string of the molecule is Cc1cc(Oc2cccnc2OCOF)c(Cl)cc1F. The van der Waals surface area contributed by atoms with E-state index in [1.54, 1.807) is 19.1 Å². The maximum atomic E-state index is 13.3. The van der Waals surface area contributed by atoms with Gasteiger partial charge in [0.15, 0.2) is 5.75 Å². The van der Waals surface area contributed by atoms with Gasteiger partial charge in [-0.2, -0.15) is 4.94 Å². The molecule has 0 atom stereocenters. The molecule has 0 bridgehead atoms. The van der Waals surface area contributed by atoms with Gasteiger partial charge in [-0.15, -0.1) is 0 Å². The molecule has 0 aliphatic carbocycles. The summed E-state index contributed by atoms with van der Waals surface area (Å²) in [4.78, 5) is 7.19. The number of rotatable bonds is 5. The Kier molecular flexibility index (Phi) is 4.70. The Morgan fingerprint density at radius 1 is 1.30 bits per heavy atom. The summed E-state index contributed by atoms with van der Waals surface area (Å²) in [6.45, 7) is 0.958. The van der Waals surface area contributed by atoms with Crippen LogP contribution in [0.4, 0.5) is 8.92 Å². The fourth-order valence-electron chi connectivity index (χ4n) is 1.47. The molecule has 0 aliphatic rings. The predicted octanol–water partition coefficient (Wildman–Crippen LogP) is 4.21. The quantitative estimate of drug-likeness (QED) is 0.776. The average molecular weight is 302 g/mol. The van der Waals surface area contributed by atoms with Gasteiger partial charge in [-0.25, -0.2) is 9.37 Å². The van der Waals surface area contributed by atoms with Gasteiger partial charge >= 0.3 is 0 Å². The zero-order valence-electron chi connectivity index (χ0n) is 10.4. The van der Waals surface area contributed by atoms with Crippen molar-refractivity contribution in [2.24, 2.45) is 0 Å². The van der Waals surface area contributed by atoms with E-state index < -0.39 is 12.6 Å². The average Bonchev–Trinajstić information content (AvgIpc) is 2.44. The Hall–Kier alpha value is -1.92. The van der Waals surface area contributed by atoms with Crippen LogP contribution in [-0.4, -0.2) is 11.8 Å². The number of ether oxygens (including phenoxy) is 2. The van der Waals surface area contributed by atoms with Gasteiger partial charge in [0.05, 0.1) is 5.02 Å². The second kappa shape index (κ2) is 6.49. The first-order chi connectivity index (χ1) is 9.61. The molecule has 0 fully saturated rings. The molecule has 0 N–H and O–H groups in total. The summed E-state index contributed by atoms with van der Waals surface area (Å²) in [5.74, 6) is 0.0427. The fraction of sp³-hybridized carbons (Fsp3) is 0.154. The third kappa shape index (κ3) is 3.34. The van der Waals surface area contributed by atoms with E-state index in [1.165, 1.54) is 12.3 Å². The number of halogens is 3. The number of hydrogen-bond donors (Lipinski definition) is 0. The third-order valence-electron chi connectivity index (χ3n) is 2.41. The van der Waals surface area contributed by atoms with Crippen LogP contribution < -0.4 is 9.47 Å². The topological polar surface area (TPSA) is 40.6 Å². The summed E-state index contributed by atoms with van der Waals surface area (Å²) in [6.07, 6.45) is 1.44. The van der Waals surface area contributed by atoms with Gasteiger partial charge in [-0.1, -0.05) is 11.6 Å². The standard InChI is InChI=1S/C13H10ClF2NO3/c1-8-5-12(9(14)6-10(8)15)20-11-3-2-4-17-13(11)18-7-19-16/h2-6H,7H2,1H3. The monoisotopic (exact) mass is 301 g/mol. The fourth-order valence-corrected chi connectivity index (χ4v) is 1.66. The molecule has 1 aromatic carbocycles. The summed E-state index contributed by atoms with van der Waals surface area (Å²) in [7, 11) is 0. The van der Waals surface area contributed by atoms with Crippen LogP contribution in [0.1, 0.15) is 5.56 Å². The molecular weight excluding hydrogens is 292 g/mol. The summed E-state index contributed by atoms with van der Waals surface area (Å²) >= 11 is 5.90. The molecule has 7 heteroatoms. The molecule has 0 saturated carbocycles. The van der Waals surface area contributed by atoms with E-state index in [-0.39, 0.29) is 22.4 Å². The minimum atomic E-state index is -0.621. The number of pyridine rings is 1. The Labute approximate surface area is 118 Å². The largest absolute Gasteiger partial charge is 0.450 e. The highest BCUT2D eigenvalue weighted by molar-refractivity contribution is 6.32. The first-order valence-corrected chi connectivity index (χ1v) is 5.94. The van der Waals surface area contributed by atoms with E-state index in [2.05, 4.69) is 9.93 Å². The van der Waals surface area contributed by atoms with Gasteiger partial charge in [0.1, 0.15) is 11.6 Å². The van der Waals surface area contributed by atoms with Crippen LogP contribution in [0.5, 0.6) is 17.4 Å². The molecule has 0 aliphatic heterocycles. The Morgan fingerprint density at radius 2 is 2.10 bits per heavy atom. The maximum Gasteiger partial charge on any atom is 0.259 e. The molecule has 2 aromatic rings. The highest BCUT2D eigenvalue weighted by Gasteiger charge is 2.12. The number of aryl methyl sites for hydroxylation is 1. The first kappa shape index (κ1) is 14.5. The van der Waals surface area contributed by atoms with Crippen LogP contribution in [0.15, 0.2) is 30.5 Å². The Morgan fingerprint density at radius 3 is 2.85 bits per heavy atom. The van der Waals surface area contributed by atoms with Crippen molar-refractivity contribution in [3.63, 3.8) is 0 Å². The number of aromatic nitrogens is 1. The molecule has 20 heavy (non-hydrogen) atoms. The van der Waals surface area contributed by atoms with E-state index in [0.29, 0.717) is 5.56 Å². The highest BCUT2D eigenvalue weighted by atomic mass is 35.5. The van der Waals surface area contributed by atoms with Gasteiger partial charge in [0.25, 0.3) is 5.88 Å². The molecule has 0 unspecified atom stereocenters. The minimum absolute atomic E-state index is 0.0307. The lowest BCUT2D eigenvalue weighted by molar-refractivity contribution is -0.185. The number of benzene rings is 1. The zero-order chi connectivity index (χ0) is 14.5. The predicted molar refractivity (Wildman–Crippen MR) is 68.1 cm³/mol. The van der Waals surface area contributed by atoms with Crippen LogP contribution >= 0.6 is 11.6 Å². The van der Waals surface area contributed by atoms with Crippen LogP contribution in [0.3, 0.4) is 0 Å². The van der Waals surface area contributed by atoms with Gasteiger partial charge in [0.2, 0.25) is 6.79 Å². The van der Waals surface area contributed by atoms with Gasteiger partial charge in [0, 0.05) is 6.20 Å². The van der Waals surface area contributed by atoms with Gasteiger partial charge in [-0.3, -0.25) is 0 Å². The molecule has 106 valence electrons. The Balaban J connectivity index is 2.28. The summed E-state index contributed by atoms with van der Waals surface area (Å²) in [5.41, 5.74) is 0.378. The first-order valence-electron chi connectivity index (χ1n) is 5.56. The lowest BCUT2D eigenvalue weighted by Gasteiger charge is -2.11. The number of hydrogen-bond acceptors (Lipinski definition) is 4. The van der Waals surface area contributed by atoms with E-state index in [9.17, 15) is 8.92 Å². The minimum Gasteiger partial charge on any atom is -0.450 e. The van der Waals surface area contributed by atoms with Crippen molar-refractivity contribution in [1.29, 1.82) is 0 Å². The van der Waals surface area contributed by atoms with Crippen molar-refractivity contribution in [3.8, 4) is 17.4 Å². The van der Waals surface area contributed by atoms with Gasteiger partial charge in [-0.05, 0) is 41.3 Å². The second-order valence-corrected chi connectivity index (χ2v) is 4.22. The lowest BCUT2D eigenvalue weighted by Crippen LogP contribution is -2.01. The molecule has 0 spiro atoms. The second-order valence-electron chi connectivity index (χ2n) is 3.81. The molecular formula is C13H10ClF2NO3. The van der Waals surface area contributed by atoms with Gasteiger partial charge < -0.3 is 9.47 Å². The maximum absolute atomic E-state index is 13.3. The van der Waals surface area contributed by atoms with Crippen molar-refractivity contribution in [3.05, 3.63) is 46.9 Å². The summed E-state index contributed by atoms with van der Waals surface area (Å²) in [6, 6.07) is 5.74. The van der Waals surface area contributed by atoms with E-state index >= 15 is 0 Å². The molecule has 1 heterocycles. The van der Waals surface area contributed by atoms with E-state index in [4.69, 9.17) is 21.1 Å². The van der Waals surface area contributed by atoms with E-state index in [0.717, 1.165) is 6.07 Å². The summed E-state index contributed by atoms with van der Waals surface area (Å²) < 4.78 is 35.4. The van der Waals surface area contributed by atoms with Crippen molar-refractivity contribution in [2.45, 2.75) is 6.92 Å². The smallest absolute Gasteiger partial charge is 0.259 e.